The first-order chi connectivity index (χ1) is 9.94. The van der Waals surface area contributed by atoms with Crippen molar-refractivity contribution in [1.29, 1.82) is 0 Å². The molecule has 0 aliphatic rings. The van der Waals surface area contributed by atoms with E-state index in [1.807, 2.05) is 56.5 Å². The average molecular weight is 304 g/mol. The van der Waals surface area contributed by atoms with Gasteiger partial charge in [0.15, 0.2) is 0 Å². The third-order valence-electron chi connectivity index (χ3n) is 2.72. The largest absolute Gasteiger partial charge is 0.444 e. The molecule has 0 aliphatic carbocycles. The number of alkyl carbamates (subject to hydrolysis) is 1. The van der Waals surface area contributed by atoms with Gasteiger partial charge in [-0.3, -0.25) is 0 Å². The van der Waals surface area contributed by atoms with Crippen molar-refractivity contribution in [3.63, 3.8) is 0 Å². The third-order valence-corrected chi connectivity index (χ3v) is 3.61. The molecule has 5 heteroatoms. The minimum absolute atomic E-state index is 0.178. The lowest BCUT2D eigenvalue weighted by Crippen LogP contribution is -2.35. The van der Waals surface area contributed by atoms with E-state index in [4.69, 9.17) is 4.74 Å². The van der Waals surface area contributed by atoms with E-state index in [0.29, 0.717) is 6.42 Å². The molecule has 0 radical (unpaired) electrons. The van der Waals surface area contributed by atoms with Crippen LogP contribution in [-0.4, -0.2) is 16.7 Å². The predicted octanol–water partition coefficient (Wildman–Crippen LogP) is 3.95. The fraction of sp³-hybridized carbons (Fsp3) is 0.375. The Kier molecular flexibility index (Phi) is 4.96. The van der Waals surface area contributed by atoms with Gasteiger partial charge in [0.25, 0.3) is 0 Å². The summed E-state index contributed by atoms with van der Waals surface area (Å²) in [6.45, 7) is 5.55. The number of nitrogens with one attached hydrogen (secondary N) is 1. The summed E-state index contributed by atoms with van der Waals surface area (Å²) in [6.07, 6.45) is 2.01. The molecule has 0 saturated heterocycles. The number of rotatable bonds is 4. The molecule has 0 unspecified atom stereocenters. The Hall–Kier alpha value is -1.88. The maximum Gasteiger partial charge on any atom is 0.408 e. The highest BCUT2D eigenvalue weighted by Crippen LogP contribution is 2.21. The van der Waals surface area contributed by atoms with Gasteiger partial charge in [0.1, 0.15) is 10.6 Å². The molecule has 1 aromatic heterocycles. The quantitative estimate of drug-likeness (QED) is 0.930. The van der Waals surface area contributed by atoms with Crippen molar-refractivity contribution in [1.82, 2.24) is 10.3 Å². The van der Waals surface area contributed by atoms with Crippen molar-refractivity contribution in [3.05, 3.63) is 52.5 Å². The van der Waals surface area contributed by atoms with Crippen LogP contribution in [0.3, 0.4) is 0 Å². The molecule has 0 fully saturated rings. The molecule has 21 heavy (non-hydrogen) atoms. The average Bonchev–Trinajstić information content (AvgIpc) is 2.90. The first-order valence-electron chi connectivity index (χ1n) is 6.87. The summed E-state index contributed by atoms with van der Waals surface area (Å²) in [5.41, 5.74) is 0.637. The van der Waals surface area contributed by atoms with Crippen LogP contribution in [0.25, 0.3) is 0 Å². The van der Waals surface area contributed by atoms with Gasteiger partial charge in [0.05, 0.1) is 6.04 Å². The van der Waals surface area contributed by atoms with Crippen molar-refractivity contribution < 1.29 is 9.53 Å². The zero-order valence-corrected chi connectivity index (χ0v) is 13.3. The molecule has 0 bridgehead atoms. The highest BCUT2D eigenvalue weighted by molar-refractivity contribution is 7.09. The summed E-state index contributed by atoms with van der Waals surface area (Å²) in [5, 5.41) is 5.70. The lowest BCUT2D eigenvalue weighted by molar-refractivity contribution is 0.0503. The molecular formula is C16H20N2O2S. The van der Waals surface area contributed by atoms with Crippen molar-refractivity contribution >= 4 is 17.4 Å². The van der Waals surface area contributed by atoms with E-state index in [9.17, 15) is 4.79 Å². The molecule has 2 aromatic rings. The molecule has 1 amide bonds. The standard InChI is InChI=1S/C16H20N2O2S/c1-16(2,3)20-15(19)18-13(14-17-9-10-21-14)11-12-7-5-4-6-8-12/h4-10,13H,11H2,1-3H3,(H,18,19)/t13-/m1/s1. The summed E-state index contributed by atoms with van der Waals surface area (Å²) in [4.78, 5) is 16.3. The number of hydrogen-bond acceptors (Lipinski definition) is 4. The number of hydrogen-bond donors (Lipinski definition) is 1. The molecule has 0 aliphatic heterocycles. The second kappa shape index (κ2) is 6.72. The normalized spacial score (nSPS) is 12.7. The lowest BCUT2D eigenvalue weighted by atomic mass is 10.1. The monoisotopic (exact) mass is 304 g/mol. The number of aromatic nitrogens is 1. The van der Waals surface area contributed by atoms with Crippen LogP contribution in [0.5, 0.6) is 0 Å². The summed E-state index contributed by atoms with van der Waals surface area (Å²) in [5.74, 6) is 0. The first kappa shape index (κ1) is 15.5. The van der Waals surface area contributed by atoms with Gasteiger partial charge in [-0.25, -0.2) is 9.78 Å². The lowest BCUT2D eigenvalue weighted by Gasteiger charge is -2.23. The molecule has 2 rings (SSSR count). The van der Waals surface area contributed by atoms with Crippen LogP contribution in [0.4, 0.5) is 4.79 Å². The highest BCUT2D eigenvalue weighted by Gasteiger charge is 2.22. The SMILES string of the molecule is CC(C)(C)OC(=O)N[C@H](Cc1ccccc1)c1nccs1. The second-order valence-corrected chi connectivity index (χ2v) is 6.69. The minimum atomic E-state index is -0.510. The maximum atomic E-state index is 12.0. The minimum Gasteiger partial charge on any atom is -0.444 e. The number of carbonyl (C=O) groups is 1. The van der Waals surface area contributed by atoms with Gasteiger partial charge in [-0.15, -0.1) is 11.3 Å². The van der Waals surface area contributed by atoms with Crippen LogP contribution in [0.15, 0.2) is 41.9 Å². The van der Waals surface area contributed by atoms with Gasteiger partial charge in [-0.2, -0.15) is 0 Å². The van der Waals surface area contributed by atoms with Gasteiger partial charge in [-0.05, 0) is 32.8 Å². The molecule has 4 nitrogen and oxygen atoms in total. The highest BCUT2D eigenvalue weighted by atomic mass is 32.1. The predicted molar refractivity (Wildman–Crippen MR) is 84.4 cm³/mol. The molecule has 112 valence electrons. The number of amides is 1. The van der Waals surface area contributed by atoms with Gasteiger partial charge in [0, 0.05) is 11.6 Å². The maximum absolute atomic E-state index is 12.0. The summed E-state index contributed by atoms with van der Waals surface area (Å²) in [6, 6.07) is 9.85. The molecule has 1 atom stereocenters. The molecule has 0 spiro atoms. The summed E-state index contributed by atoms with van der Waals surface area (Å²) in [7, 11) is 0. The van der Waals surface area contributed by atoms with Crippen molar-refractivity contribution in [3.8, 4) is 0 Å². The fourth-order valence-electron chi connectivity index (χ4n) is 1.91. The van der Waals surface area contributed by atoms with Crippen LogP contribution < -0.4 is 5.32 Å². The Morgan fingerprint density at radius 3 is 2.62 bits per heavy atom. The molecular weight excluding hydrogens is 284 g/mol. The van der Waals surface area contributed by atoms with Crippen LogP contribution >= 0.6 is 11.3 Å². The molecule has 1 N–H and O–H groups in total. The molecule has 1 heterocycles. The molecule has 1 aromatic carbocycles. The summed E-state index contributed by atoms with van der Waals surface area (Å²) < 4.78 is 5.33. The first-order valence-corrected chi connectivity index (χ1v) is 7.75. The van der Waals surface area contributed by atoms with Crippen molar-refractivity contribution in [2.75, 3.05) is 0 Å². The molecule has 0 saturated carbocycles. The van der Waals surface area contributed by atoms with Crippen LogP contribution in [-0.2, 0) is 11.2 Å². The fourth-order valence-corrected chi connectivity index (χ4v) is 2.60. The van der Waals surface area contributed by atoms with E-state index < -0.39 is 11.7 Å². The zero-order chi connectivity index (χ0) is 15.3. The van der Waals surface area contributed by atoms with Crippen LogP contribution in [0.1, 0.15) is 37.4 Å². The Bertz CT molecular complexity index is 562. The van der Waals surface area contributed by atoms with E-state index in [-0.39, 0.29) is 6.04 Å². The van der Waals surface area contributed by atoms with E-state index in [1.54, 1.807) is 6.20 Å². The van der Waals surface area contributed by atoms with Gasteiger partial charge in [-0.1, -0.05) is 30.3 Å². The van der Waals surface area contributed by atoms with E-state index >= 15 is 0 Å². The van der Waals surface area contributed by atoms with Crippen LogP contribution in [0, 0.1) is 0 Å². The summed E-state index contributed by atoms with van der Waals surface area (Å²) >= 11 is 1.53. The Balaban J connectivity index is 2.08. The van der Waals surface area contributed by atoms with Crippen molar-refractivity contribution in [2.45, 2.75) is 38.8 Å². The van der Waals surface area contributed by atoms with Gasteiger partial charge < -0.3 is 10.1 Å². The smallest absolute Gasteiger partial charge is 0.408 e. The van der Waals surface area contributed by atoms with E-state index in [2.05, 4.69) is 10.3 Å². The van der Waals surface area contributed by atoms with Crippen molar-refractivity contribution in [2.24, 2.45) is 0 Å². The number of nitrogens with zero attached hydrogens (tertiary/aromatic N) is 1. The zero-order valence-electron chi connectivity index (χ0n) is 12.5. The number of ether oxygens (including phenoxy) is 1. The third kappa shape index (κ3) is 5.19. The van der Waals surface area contributed by atoms with Gasteiger partial charge >= 0.3 is 6.09 Å². The number of benzene rings is 1. The number of thiazole rings is 1. The topological polar surface area (TPSA) is 51.2 Å². The number of carbonyl (C=O) groups excluding carboxylic acids is 1. The van der Waals surface area contributed by atoms with Crippen LogP contribution in [0.2, 0.25) is 0 Å². The Labute approximate surface area is 129 Å². The second-order valence-electron chi connectivity index (χ2n) is 5.76. The van der Waals surface area contributed by atoms with E-state index in [0.717, 1.165) is 10.6 Å². The van der Waals surface area contributed by atoms with Gasteiger partial charge in [0.2, 0.25) is 0 Å². The Morgan fingerprint density at radius 2 is 2.05 bits per heavy atom. The van der Waals surface area contributed by atoms with E-state index in [1.165, 1.54) is 11.3 Å². The Morgan fingerprint density at radius 1 is 1.33 bits per heavy atom.